The molecule has 8 heteroatoms. The number of aromatic nitrogens is 5. The van der Waals surface area contributed by atoms with Gasteiger partial charge in [0.2, 0.25) is 5.91 Å². The van der Waals surface area contributed by atoms with Crippen molar-refractivity contribution in [2.24, 2.45) is 0 Å². The average molecular weight is 378 g/mol. The van der Waals surface area contributed by atoms with Crippen LogP contribution in [0.5, 0.6) is 0 Å². The van der Waals surface area contributed by atoms with Crippen LogP contribution in [0.3, 0.4) is 0 Å². The van der Waals surface area contributed by atoms with Gasteiger partial charge in [-0.05, 0) is 49.4 Å². The monoisotopic (exact) mass is 378 g/mol. The second-order valence-electron chi connectivity index (χ2n) is 6.59. The van der Waals surface area contributed by atoms with E-state index in [1.807, 2.05) is 31.3 Å². The molecule has 0 saturated carbocycles. The van der Waals surface area contributed by atoms with Crippen LogP contribution in [-0.2, 0) is 11.3 Å². The Bertz CT molecular complexity index is 1040. The second-order valence-corrected chi connectivity index (χ2v) is 6.59. The predicted octanol–water partition coefficient (Wildman–Crippen LogP) is 2.76. The molecule has 3 heterocycles. The molecule has 28 heavy (non-hydrogen) atoms. The lowest BCUT2D eigenvalue weighted by Gasteiger charge is -2.14. The van der Waals surface area contributed by atoms with E-state index in [1.165, 1.54) is 18.5 Å². The fourth-order valence-corrected chi connectivity index (χ4v) is 3.00. The minimum Gasteiger partial charge on any atom is -0.352 e. The summed E-state index contributed by atoms with van der Waals surface area (Å²) in [5.41, 5.74) is 2.50. The lowest BCUT2D eigenvalue weighted by Crippen LogP contribution is -2.32. The fraction of sp³-hybridized carbons (Fsp3) is 0.200. The first-order valence-electron chi connectivity index (χ1n) is 8.93. The molecule has 1 atom stereocenters. The van der Waals surface area contributed by atoms with Gasteiger partial charge in [0.1, 0.15) is 30.8 Å². The van der Waals surface area contributed by atoms with Crippen molar-refractivity contribution in [2.75, 3.05) is 6.54 Å². The maximum atomic E-state index is 13.2. The number of carbonyl (C=O) groups is 1. The molecule has 1 N–H and O–H groups in total. The summed E-state index contributed by atoms with van der Waals surface area (Å²) in [7, 11) is 0. The van der Waals surface area contributed by atoms with E-state index in [9.17, 15) is 9.18 Å². The summed E-state index contributed by atoms with van der Waals surface area (Å²) in [5, 5.41) is 6.98. The van der Waals surface area contributed by atoms with Gasteiger partial charge >= 0.3 is 0 Å². The molecule has 1 unspecified atom stereocenters. The van der Waals surface area contributed by atoms with E-state index in [4.69, 9.17) is 0 Å². The first kappa shape index (κ1) is 17.8. The Morgan fingerprint density at radius 1 is 1.21 bits per heavy atom. The maximum Gasteiger partial charge on any atom is 0.240 e. The van der Waals surface area contributed by atoms with Crippen LogP contribution in [-0.4, -0.2) is 36.8 Å². The normalized spacial score (nSPS) is 12.2. The Morgan fingerprint density at radius 2 is 2.04 bits per heavy atom. The third-order valence-corrected chi connectivity index (χ3v) is 4.53. The van der Waals surface area contributed by atoms with Gasteiger partial charge in [-0.2, -0.15) is 5.10 Å². The summed E-state index contributed by atoms with van der Waals surface area (Å²) in [4.78, 5) is 20.9. The summed E-state index contributed by atoms with van der Waals surface area (Å²) in [6.45, 7) is 2.56. The smallest absolute Gasteiger partial charge is 0.240 e. The van der Waals surface area contributed by atoms with Crippen molar-refractivity contribution in [3.8, 4) is 22.6 Å². The molecule has 142 valence electrons. The quantitative estimate of drug-likeness (QED) is 0.560. The molecule has 2 aliphatic rings. The molecule has 7 nitrogen and oxygen atoms in total. The lowest BCUT2D eigenvalue weighted by atomic mass is 10.1. The van der Waals surface area contributed by atoms with Gasteiger partial charge in [0.25, 0.3) is 0 Å². The largest absolute Gasteiger partial charge is 0.352 e. The zero-order chi connectivity index (χ0) is 19.5. The molecule has 1 aromatic carbocycles. The first-order chi connectivity index (χ1) is 13.6. The number of nitrogens with one attached hydrogen (secondary N) is 1. The van der Waals surface area contributed by atoms with Gasteiger partial charge in [-0.25, -0.2) is 19.0 Å². The summed E-state index contributed by atoms with van der Waals surface area (Å²) in [6, 6.07) is 12.0. The standard InChI is InChI=1S/C20H19FN6O/c1-14(27-13-22-12-24-27)10-23-19(28)11-26-8-2-3-16-9-18(25-20(16)26)15-4-6-17(21)7-5-15/h2-9,12-14H,10-11H2,1H3,(H,23,28). The number of halogens is 1. The highest BCUT2D eigenvalue weighted by molar-refractivity contribution is 5.77. The third kappa shape index (κ3) is 3.75. The lowest BCUT2D eigenvalue weighted by molar-refractivity contribution is -0.121. The molecule has 0 saturated heterocycles. The highest BCUT2D eigenvalue weighted by Crippen LogP contribution is 2.28. The van der Waals surface area contributed by atoms with E-state index in [0.717, 1.165) is 16.8 Å². The van der Waals surface area contributed by atoms with Crippen LogP contribution in [0, 0.1) is 5.82 Å². The van der Waals surface area contributed by atoms with Crippen LogP contribution in [0.15, 0.2) is 61.3 Å². The molecule has 0 spiro atoms. The Balaban J connectivity index is 1.48. The Labute approximate surface area is 161 Å². The molecule has 0 fully saturated rings. The van der Waals surface area contributed by atoms with E-state index in [1.54, 1.807) is 27.7 Å². The van der Waals surface area contributed by atoms with Crippen molar-refractivity contribution in [3.63, 3.8) is 0 Å². The van der Waals surface area contributed by atoms with Crippen molar-refractivity contribution in [2.45, 2.75) is 19.5 Å². The van der Waals surface area contributed by atoms with Crippen molar-refractivity contribution < 1.29 is 9.18 Å². The number of nitrogens with zero attached hydrogens (tertiary/aromatic N) is 5. The zero-order valence-corrected chi connectivity index (χ0v) is 15.3. The number of benzene rings is 1. The van der Waals surface area contributed by atoms with Gasteiger partial charge in [0.15, 0.2) is 0 Å². The highest BCUT2D eigenvalue weighted by Gasteiger charge is 2.15. The van der Waals surface area contributed by atoms with Crippen LogP contribution >= 0.6 is 0 Å². The molecular formula is C20H19FN6O. The minimum absolute atomic E-state index is 0.00868. The molecule has 1 amide bonds. The van der Waals surface area contributed by atoms with E-state index >= 15 is 0 Å². The minimum atomic E-state index is -0.285. The Morgan fingerprint density at radius 3 is 2.79 bits per heavy atom. The van der Waals surface area contributed by atoms with Gasteiger partial charge in [0, 0.05) is 23.9 Å². The average Bonchev–Trinajstić information content (AvgIpc) is 3.37. The van der Waals surface area contributed by atoms with Crippen LogP contribution in [0.2, 0.25) is 0 Å². The van der Waals surface area contributed by atoms with Gasteiger partial charge in [0.05, 0.1) is 11.7 Å². The summed E-state index contributed by atoms with van der Waals surface area (Å²) in [5.74, 6) is 0.309. The van der Waals surface area contributed by atoms with Crippen molar-refractivity contribution in [3.05, 3.63) is 67.1 Å². The molecule has 1 aromatic heterocycles. The molecular weight excluding hydrogens is 359 g/mol. The molecule has 2 aromatic rings. The van der Waals surface area contributed by atoms with Gasteiger partial charge in [-0.1, -0.05) is 0 Å². The number of pyridine rings is 1. The first-order valence-corrected chi connectivity index (χ1v) is 8.93. The molecule has 4 rings (SSSR count). The number of rotatable bonds is 6. The van der Waals surface area contributed by atoms with Crippen LogP contribution < -0.4 is 5.32 Å². The topological polar surface area (TPSA) is 77.6 Å². The van der Waals surface area contributed by atoms with E-state index in [-0.39, 0.29) is 24.3 Å². The van der Waals surface area contributed by atoms with E-state index in [0.29, 0.717) is 12.4 Å². The SMILES string of the molecule is CC(CNC(=O)Cn1cccc2cc(-c3ccc(F)cc3)nc1-2)n1cncn1. The summed E-state index contributed by atoms with van der Waals surface area (Å²) < 4.78 is 16.7. The Hall–Kier alpha value is -3.55. The summed E-state index contributed by atoms with van der Waals surface area (Å²) >= 11 is 0. The number of amides is 1. The van der Waals surface area contributed by atoms with Gasteiger partial charge in [-0.3, -0.25) is 4.79 Å². The number of fused-ring (bicyclic) bond motifs is 1. The van der Waals surface area contributed by atoms with Crippen molar-refractivity contribution in [1.82, 2.24) is 29.6 Å². The molecule has 0 radical (unpaired) electrons. The van der Waals surface area contributed by atoms with Crippen molar-refractivity contribution in [1.29, 1.82) is 0 Å². The molecule has 0 bridgehead atoms. The third-order valence-electron chi connectivity index (χ3n) is 4.53. The molecule has 2 aliphatic heterocycles. The number of carbonyl (C=O) groups excluding carboxylic acids is 1. The Kier molecular flexibility index (Phi) is 4.84. The van der Waals surface area contributed by atoms with E-state index < -0.39 is 0 Å². The fourth-order valence-electron chi connectivity index (χ4n) is 3.00. The van der Waals surface area contributed by atoms with Crippen LogP contribution in [0.25, 0.3) is 22.6 Å². The van der Waals surface area contributed by atoms with Crippen LogP contribution in [0.1, 0.15) is 13.0 Å². The highest BCUT2D eigenvalue weighted by atomic mass is 19.1. The van der Waals surface area contributed by atoms with Gasteiger partial charge < -0.3 is 9.88 Å². The second kappa shape index (κ2) is 7.59. The number of hydrogen-bond donors (Lipinski definition) is 1. The van der Waals surface area contributed by atoms with E-state index in [2.05, 4.69) is 20.4 Å². The molecule has 0 aliphatic carbocycles. The van der Waals surface area contributed by atoms with Gasteiger partial charge in [-0.15, -0.1) is 0 Å². The predicted molar refractivity (Wildman–Crippen MR) is 102 cm³/mol. The summed E-state index contributed by atoms with van der Waals surface area (Å²) in [6.07, 6.45) is 4.91. The number of hydrogen-bond acceptors (Lipinski definition) is 4. The zero-order valence-electron chi connectivity index (χ0n) is 15.3. The van der Waals surface area contributed by atoms with Crippen LogP contribution in [0.4, 0.5) is 4.39 Å². The maximum absolute atomic E-state index is 13.2. The van der Waals surface area contributed by atoms with Crippen molar-refractivity contribution >= 4 is 5.91 Å².